The maximum Gasteiger partial charge on any atom is 0.326 e. The fourth-order valence-electron chi connectivity index (χ4n) is 4.00. The first-order chi connectivity index (χ1) is 15.6. The Labute approximate surface area is 197 Å². The topological polar surface area (TPSA) is 104 Å². The minimum atomic E-state index is -0.979. The van der Waals surface area contributed by atoms with Crippen molar-refractivity contribution in [3.63, 3.8) is 0 Å². The molecule has 5 N–H and O–H groups in total. The van der Waals surface area contributed by atoms with Crippen molar-refractivity contribution in [1.82, 2.24) is 10.6 Å². The second-order valence-electron chi connectivity index (χ2n) is 9.22. The molecule has 0 heterocycles. The van der Waals surface area contributed by atoms with Crippen LogP contribution < -0.4 is 16.4 Å². The fourth-order valence-corrected chi connectivity index (χ4v) is 4.00. The highest BCUT2D eigenvalue weighted by atomic mass is 16.4. The predicted molar refractivity (Wildman–Crippen MR) is 135 cm³/mol. The highest BCUT2D eigenvalue weighted by Gasteiger charge is 2.18. The number of hydrogen-bond donors (Lipinski definition) is 4. The molecule has 0 aliphatic heterocycles. The molecule has 1 atom stereocenters. The molecular weight excluding hydrogens is 402 g/mol. The molecule has 0 aromatic carbocycles. The average Bonchev–Trinajstić information content (AvgIpc) is 2.77. The third-order valence-corrected chi connectivity index (χ3v) is 6.07. The third kappa shape index (κ3) is 22.1. The Hall–Kier alpha value is -1.14. The van der Waals surface area contributed by atoms with E-state index in [1.807, 2.05) is 0 Å². The van der Waals surface area contributed by atoms with Gasteiger partial charge in [-0.3, -0.25) is 4.79 Å². The Morgan fingerprint density at radius 2 is 1.19 bits per heavy atom. The van der Waals surface area contributed by atoms with Crippen molar-refractivity contribution in [3.05, 3.63) is 0 Å². The monoisotopic (exact) mass is 455 g/mol. The van der Waals surface area contributed by atoms with Gasteiger partial charge in [0.05, 0.1) is 6.54 Å². The van der Waals surface area contributed by atoms with Crippen molar-refractivity contribution in [3.8, 4) is 0 Å². The van der Waals surface area contributed by atoms with Crippen LogP contribution in [0, 0.1) is 0 Å². The highest BCUT2D eigenvalue weighted by Crippen LogP contribution is 2.13. The first-order valence-corrected chi connectivity index (χ1v) is 13.5. The van der Waals surface area contributed by atoms with Crippen LogP contribution in [0.2, 0.25) is 0 Å². The summed E-state index contributed by atoms with van der Waals surface area (Å²) in [6, 6.07) is -0.814. The molecule has 0 saturated carbocycles. The second-order valence-corrected chi connectivity index (χ2v) is 9.22. The summed E-state index contributed by atoms with van der Waals surface area (Å²) in [5.41, 5.74) is 5.43. The summed E-state index contributed by atoms with van der Waals surface area (Å²) in [5.74, 6) is -1.23. The van der Waals surface area contributed by atoms with Crippen LogP contribution in [0.3, 0.4) is 0 Å². The van der Waals surface area contributed by atoms with Gasteiger partial charge in [0.25, 0.3) is 0 Å². The van der Waals surface area contributed by atoms with Gasteiger partial charge in [0, 0.05) is 0 Å². The maximum absolute atomic E-state index is 11.9. The fraction of sp³-hybridized carbons (Fsp3) is 0.923. The van der Waals surface area contributed by atoms with Gasteiger partial charge in [0.2, 0.25) is 5.91 Å². The Bertz CT molecular complexity index is 433. The van der Waals surface area contributed by atoms with Crippen LogP contribution >= 0.6 is 0 Å². The van der Waals surface area contributed by atoms with Gasteiger partial charge in [0.1, 0.15) is 6.04 Å². The third-order valence-electron chi connectivity index (χ3n) is 6.07. The minimum Gasteiger partial charge on any atom is -0.480 e. The van der Waals surface area contributed by atoms with Crippen LogP contribution in [-0.2, 0) is 9.59 Å². The number of unbranched alkanes of at least 4 members (excludes halogenated alkanes) is 16. The summed E-state index contributed by atoms with van der Waals surface area (Å²) >= 11 is 0. The molecule has 32 heavy (non-hydrogen) atoms. The summed E-state index contributed by atoms with van der Waals surface area (Å²) in [6.45, 7) is 3.80. The molecule has 1 amide bonds. The largest absolute Gasteiger partial charge is 0.480 e. The van der Waals surface area contributed by atoms with Crippen molar-refractivity contribution in [2.45, 2.75) is 135 Å². The molecule has 0 rings (SSSR count). The van der Waals surface area contributed by atoms with Crippen LogP contribution in [0.25, 0.3) is 0 Å². The molecule has 6 nitrogen and oxygen atoms in total. The molecule has 0 bridgehead atoms. The van der Waals surface area contributed by atoms with Crippen LogP contribution in [-0.4, -0.2) is 42.7 Å². The standard InChI is InChI=1S/C26H53N3O3/c1-2-3-4-5-6-7-8-9-10-11-12-13-14-15-16-19-22-28-23-25(30)29-24(26(31)32)20-17-18-21-27/h24,28H,2-23,27H2,1H3,(H,29,30)(H,31,32). The lowest BCUT2D eigenvalue weighted by Gasteiger charge is -2.14. The van der Waals surface area contributed by atoms with Gasteiger partial charge in [-0.25, -0.2) is 4.79 Å². The number of nitrogens with two attached hydrogens (primary N) is 1. The normalized spacial score (nSPS) is 12.1. The van der Waals surface area contributed by atoms with Crippen molar-refractivity contribution >= 4 is 11.9 Å². The van der Waals surface area contributed by atoms with Gasteiger partial charge in [-0.1, -0.05) is 103 Å². The van der Waals surface area contributed by atoms with Gasteiger partial charge < -0.3 is 21.5 Å². The zero-order valence-corrected chi connectivity index (χ0v) is 21.0. The van der Waals surface area contributed by atoms with E-state index in [0.717, 1.165) is 19.4 Å². The Morgan fingerprint density at radius 1 is 0.719 bits per heavy atom. The van der Waals surface area contributed by atoms with Crippen molar-refractivity contribution in [1.29, 1.82) is 0 Å². The first kappa shape index (κ1) is 30.9. The number of rotatable bonds is 25. The maximum atomic E-state index is 11.9. The molecule has 0 radical (unpaired) electrons. The molecule has 1 unspecified atom stereocenters. The molecule has 0 saturated heterocycles. The molecule has 0 aliphatic rings. The summed E-state index contributed by atoms with van der Waals surface area (Å²) in [4.78, 5) is 23.1. The van der Waals surface area contributed by atoms with Gasteiger partial charge in [-0.15, -0.1) is 0 Å². The van der Waals surface area contributed by atoms with Crippen molar-refractivity contribution < 1.29 is 14.7 Å². The van der Waals surface area contributed by atoms with Gasteiger partial charge in [-0.2, -0.15) is 0 Å². The molecule has 6 heteroatoms. The van der Waals surface area contributed by atoms with E-state index < -0.39 is 12.0 Å². The minimum absolute atomic E-state index is 0.180. The molecule has 190 valence electrons. The molecule has 0 aliphatic carbocycles. The van der Waals surface area contributed by atoms with Gasteiger partial charge in [-0.05, 0) is 38.8 Å². The molecule has 0 fully saturated rings. The lowest BCUT2D eigenvalue weighted by Crippen LogP contribution is -2.44. The Morgan fingerprint density at radius 3 is 1.62 bits per heavy atom. The number of carbonyl (C=O) groups excluding carboxylic acids is 1. The van der Waals surface area contributed by atoms with E-state index >= 15 is 0 Å². The lowest BCUT2D eigenvalue weighted by atomic mass is 10.0. The van der Waals surface area contributed by atoms with E-state index in [0.29, 0.717) is 19.4 Å². The van der Waals surface area contributed by atoms with E-state index in [4.69, 9.17) is 5.73 Å². The smallest absolute Gasteiger partial charge is 0.326 e. The number of nitrogens with one attached hydrogen (secondary N) is 2. The summed E-state index contributed by atoms with van der Waals surface area (Å²) in [7, 11) is 0. The van der Waals surface area contributed by atoms with E-state index in [1.54, 1.807) is 0 Å². The zero-order valence-electron chi connectivity index (χ0n) is 21.0. The van der Waals surface area contributed by atoms with Crippen LogP contribution in [0.1, 0.15) is 129 Å². The number of amides is 1. The van der Waals surface area contributed by atoms with Gasteiger partial charge >= 0.3 is 5.97 Å². The Kier molecular flexibility index (Phi) is 23.6. The van der Waals surface area contributed by atoms with E-state index in [9.17, 15) is 14.7 Å². The molecular formula is C26H53N3O3. The Balaban J connectivity index is 3.36. The van der Waals surface area contributed by atoms with Gasteiger partial charge in [0.15, 0.2) is 0 Å². The summed E-state index contributed by atoms with van der Waals surface area (Å²) in [6.07, 6.45) is 23.5. The SMILES string of the molecule is CCCCCCCCCCCCCCCCCCNCC(=O)NC(CCCCN)C(=O)O. The summed E-state index contributed by atoms with van der Waals surface area (Å²) < 4.78 is 0. The number of carboxylic acids is 1. The highest BCUT2D eigenvalue weighted by molar-refractivity contribution is 5.84. The molecule has 0 spiro atoms. The number of carbonyl (C=O) groups is 2. The van der Waals surface area contributed by atoms with Crippen LogP contribution in [0.4, 0.5) is 0 Å². The number of carboxylic acid groups (broad SMARTS) is 1. The predicted octanol–water partition coefficient (Wildman–Crippen LogP) is 5.54. The lowest BCUT2D eigenvalue weighted by molar-refractivity contribution is -0.141. The first-order valence-electron chi connectivity index (χ1n) is 13.5. The van der Waals surface area contributed by atoms with Crippen LogP contribution in [0.5, 0.6) is 0 Å². The van der Waals surface area contributed by atoms with E-state index in [-0.39, 0.29) is 12.5 Å². The zero-order chi connectivity index (χ0) is 23.7. The summed E-state index contributed by atoms with van der Waals surface area (Å²) in [5, 5.41) is 14.9. The molecule has 0 aromatic heterocycles. The second kappa shape index (κ2) is 24.5. The average molecular weight is 456 g/mol. The van der Waals surface area contributed by atoms with E-state index in [1.165, 1.54) is 96.3 Å². The number of hydrogen-bond acceptors (Lipinski definition) is 4. The van der Waals surface area contributed by atoms with Crippen molar-refractivity contribution in [2.24, 2.45) is 5.73 Å². The van der Waals surface area contributed by atoms with Crippen molar-refractivity contribution in [2.75, 3.05) is 19.6 Å². The van der Waals surface area contributed by atoms with Crippen LogP contribution in [0.15, 0.2) is 0 Å². The number of aliphatic carboxylic acids is 1. The quantitative estimate of drug-likeness (QED) is 0.135. The van der Waals surface area contributed by atoms with E-state index in [2.05, 4.69) is 17.6 Å². The molecule has 0 aromatic rings.